The zero-order valence-electron chi connectivity index (χ0n) is 15.3. The van der Waals surface area contributed by atoms with Gasteiger partial charge < -0.3 is 15.1 Å². The minimum absolute atomic E-state index is 0.00633. The number of nitrogens with zero attached hydrogens (tertiary/aromatic N) is 4. The molecule has 0 atom stereocenters. The predicted octanol–water partition coefficient (Wildman–Crippen LogP) is 3.45. The summed E-state index contributed by atoms with van der Waals surface area (Å²) < 4.78 is 0. The second-order valence-electron chi connectivity index (χ2n) is 7.18. The molecule has 0 bridgehead atoms. The Labute approximate surface area is 164 Å². The molecule has 7 heteroatoms. The van der Waals surface area contributed by atoms with Crippen LogP contribution in [0.5, 0.6) is 0 Å². The van der Waals surface area contributed by atoms with Crippen molar-refractivity contribution >= 4 is 29.1 Å². The molecular formula is C20H24ClN5O. The third kappa shape index (κ3) is 4.33. The van der Waals surface area contributed by atoms with E-state index < -0.39 is 0 Å². The van der Waals surface area contributed by atoms with Crippen LogP contribution in [-0.2, 0) is 0 Å². The number of hydrogen-bond donors (Lipinski definition) is 1. The van der Waals surface area contributed by atoms with Gasteiger partial charge in [0.1, 0.15) is 0 Å². The van der Waals surface area contributed by atoms with Gasteiger partial charge in [0.05, 0.1) is 5.56 Å². The second-order valence-corrected chi connectivity index (χ2v) is 7.62. The number of halogens is 1. The van der Waals surface area contributed by atoms with E-state index in [-0.39, 0.29) is 5.91 Å². The van der Waals surface area contributed by atoms with Crippen LogP contribution in [0.2, 0.25) is 5.02 Å². The predicted molar refractivity (Wildman–Crippen MR) is 107 cm³/mol. The van der Waals surface area contributed by atoms with Gasteiger partial charge in [0.25, 0.3) is 5.91 Å². The maximum absolute atomic E-state index is 12.7. The maximum Gasteiger partial charge on any atom is 0.257 e. The molecule has 1 aliphatic heterocycles. The summed E-state index contributed by atoms with van der Waals surface area (Å²) in [5.41, 5.74) is 1.64. The lowest BCUT2D eigenvalue weighted by Crippen LogP contribution is -2.48. The minimum Gasteiger partial charge on any atom is -0.368 e. The second kappa shape index (κ2) is 8.13. The highest BCUT2D eigenvalue weighted by Gasteiger charge is 2.23. The van der Waals surface area contributed by atoms with Crippen molar-refractivity contribution in [2.75, 3.05) is 36.4 Å². The molecule has 2 heterocycles. The molecule has 2 aliphatic rings. The lowest BCUT2D eigenvalue weighted by molar-refractivity contribution is 0.0746. The molecular weight excluding hydrogens is 362 g/mol. The minimum atomic E-state index is -0.00633. The number of amides is 1. The largest absolute Gasteiger partial charge is 0.368 e. The van der Waals surface area contributed by atoms with Crippen molar-refractivity contribution in [1.82, 2.24) is 14.9 Å². The van der Waals surface area contributed by atoms with E-state index in [1.807, 2.05) is 29.2 Å². The Bertz CT molecular complexity index is 783. The fourth-order valence-electron chi connectivity index (χ4n) is 3.79. The first-order chi connectivity index (χ1) is 13.2. The van der Waals surface area contributed by atoms with E-state index in [1.54, 1.807) is 12.4 Å². The number of nitrogens with one attached hydrogen (secondary N) is 1. The topological polar surface area (TPSA) is 61.4 Å². The Hall–Kier alpha value is -2.34. The standard InChI is InChI=1S/C20H24ClN5O/c21-16-4-3-7-18(12-16)25-8-10-26(11-9-25)19(27)15-13-22-20(23-14-15)24-17-5-1-2-6-17/h3-4,7,12-14,17H,1-2,5-6,8-11H2,(H,22,23,24). The quantitative estimate of drug-likeness (QED) is 0.873. The van der Waals surface area contributed by atoms with E-state index in [2.05, 4.69) is 20.2 Å². The number of rotatable bonds is 4. The highest BCUT2D eigenvalue weighted by Crippen LogP contribution is 2.22. The molecule has 1 saturated heterocycles. The van der Waals surface area contributed by atoms with Crippen molar-refractivity contribution in [3.05, 3.63) is 47.2 Å². The van der Waals surface area contributed by atoms with Gasteiger partial charge in [-0.25, -0.2) is 9.97 Å². The van der Waals surface area contributed by atoms with Crippen LogP contribution >= 0.6 is 11.6 Å². The summed E-state index contributed by atoms with van der Waals surface area (Å²) in [4.78, 5) is 25.5. The molecule has 1 saturated carbocycles. The highest BCUT2D eigenvalue weighted by molar-refractivity contribution is 6.30. The number of benzene rings is 1. The summed E-state index contributed by atoms with van der Waals surface area (Å²) in [7, 11) is 0. The zero-order chi connectivity index (χ0) is 18.6. The molecule has 6 nitrogen and oxygen atoms in total. The van der Waals surface area contributed by atoms with Crippen molar-refractivity contribution < 1.29 is 4.79 Å². The highest BCUT2D eigenvalue weighted by atomic mass is 35.5. The average molecular weight is 386 g/mol. The number of hydrogen-bond acceptors (Lipinski definition) is 5. The van der Waals surface area contributed by atoms with Crippen LogP contribution in [-0.4, -0.2) is 53.0 Å². The van der Waals surface area contributed by atoms with E-state index >= 15 is 0 Å². The van der Waals surface area contributed by atoms with Crippen LogP contribution in [0.4, 0.5) is 11.6 Å². The number of piperazine rings is 1. The molecule has 1 amide bonds. The molecule has 1 aliphatic carbocycles. The van der Waals surface area contributed by atoms with Crippen LogP contribution in [0.1, 0.15) is 36.0 Å². The number of carbonyl (C=O) groups is 1. The maximum atomic E-state index is 12.7. The Morgan fingerprint density at radius 3 is 2.44 bits per heavy atom. The van der Waals surface area contributed by atoms with Gasteiger partial charge in [-0.1, -0.05) is 30.5 Å². The van der Waals surface area contributed by atoms with Gasteiger partial charge in [-0.05, 0) is 31.0 Å². The third-order valence-corrected chi connectivity index (χ3v) is 5.56. The van der Waals surface area contributed by atoms with E-state index in [9.17, 15) is 4.79 Å². The van der Waals surface area contributed by atoms with E-state index in [0.717, 1.165) is 23.8 Å². The Kier molecular flexibility index (Phi) is 5.43. The molecule has 2 aromatic rings. The third-order valence-electron chi connectivity index (χ3n) is 5.33. The van der Waals surface area contributed by atoms with Gasteiger partial charge in [-0.3, -0.25) is 4.79 Å². The van der Waals surface area contributed by atoms with Crippen molar-refractivity contribution in [3.8, 4) is 0 Å². The smallest absolute Gasteiger partial charge is 0.257 e. The van der Waals surface area contributed by atoms with Gasteiger partial charge in [-0.15, -0.1) is 0 Å². The Morgan fingerprint density at radius 2 is 1.78 bits per heavy atom. The lowest BCUT2D eigenvalue weighted by atomic mass is 10.2. The summed E-state index contributed by atoms with van der Waals surface area (Å²) >= 11 is 6.08. The molecule has 142 valence electrons. The van der Waals surface area contributed by atoms with Crippen LogP contribution < -0.4 is 10.2 Å². The van der Waals surface area contributed by atoms with Crippen LogP contribution in [0, 0.1) is 0 Å². The van der Waals surface area contributed by atoms with Gasteiger partial charge >= 0.3 is 0 Å². The molecule has 1 aromatic carbocycles. The Morgan fingerprint density at radius 1 is 1.07 bits per heavy atom. The fraction of sp³-hybridized carbons (Fsp3) is 0.450. The molecule has 1 N–H and O–H groups in total. The number of carbonyl (C=O) groups excluding carboxylic acids is 1. The number of anilines is 2. The van der Waals surface area contributed by atoms with Crippen molar-refractivity contribution in [2.24, 2.45) is 0 Å². The molecule has 0 radical (unpaired) electrons. The summed E-state index contributed by atoms with van der Waals surface area (Å²) in [6, 6.07) is 8.30. The first-order valence-electron chi connectivity index (χ1n) is 9.57. The number of aromatic nitrogens is 2. The van der Waals surface area contributed by atoms with Crippen molar-refractivity contribution in [3.63, 3.8) is 0 Å². The van der Waals surface area contributed by atoms with E-state index in [0.29, 0.717) is 30.6 Å². The fourth-order valence-corrected chi connectivity index (χ4v) is 3.97. The average Bonchev–Trinajstić information content (AvgIpc) is 3.21. The van der Waals surface area contributed by atoms with Crippen LogP contribution in [0.3, 0.4) is 0 Å². The van der Waals surface area contributed by atoms with Gasteiger partial charge in [0.15, 0.2) is 0 Å². The van der Waals surface area contributed by atoms with Crippen LogP contribution in [0.15, 0.2) is 36.7 Å². The monoisotopic (exact) mass is 385 g/mol. The first-order valence-corrected chi connectivity index (χ1v) is 9.95. The Balaban J connectivity index is 1.33. The molecule has 0 spiro atoms. The van der Waals surface area contributed by atoms with Gasteiger partial charge in [0, 0.05) is 55.3 Å². The summed E-state index contributed by atoms with van der Waals surface area (Å²) in [6.45, 7) is 2.92. The zero-order valence-corrected chi connectivity index (χ0v) is 16.0. The molecule has 4 rings (SSSR count). The normalized spacial score (nSPS) is 18.0. The van der Waals surface area contributed by atoms with Crippen molar-refractivity contribution in [1.29, 1.82) is 0 Å². The summed E-state index contributed by atoms with van der Waals surface area (Å²) in [6.07, 6.45) is 8.12. The molecule has 2 fully saturated rings. The summed E-state index contributed by atoms with van der Waals surface area (Å²) in [5.74, 6) is 0.609. The van der Waals surface area contributed by atoms with Gasteiger partial charge in [-0.2, -0.15) is 0 Å². The molecule has 0 unspecified atom stereocenters. The van der Waals surface area contributed by atoms with E-state index in [1.165, 1.54) is 25.7 Å². The lowest BCUT2D eigenvalue weighted by Gasteiger charge is -2.36. The van der Waals surface area contributed by atoms with Crippen LogP contribution in [0.25, 0.3) is 0 Å². The molecule has 1 aromatic heterocycles. The van der Waals surface area contributed by atoms with E-state index in [4.69, 9.17) is 11.6 Å². The van der Waals surface area contributed by atoms with Gasteiger partial charge in [0.2, 0.25) is 5.95 Å². The first kappa shape index (κ1) is 18.0. The van der Waals surface area contributed by atoms with Crippen molar-refractivity contribution in [2.45, 2.75) is 31.7 Å². The molecule has 27 heavy (non-hydrogen) atoms. The SMILES string of the molecule is O=C(c1cnc(NC2CCCC2)nc1)N1CCN(c2cccc(Cl)c2)CC1. The summed E-state index contributed by atoms with van der Waals surface area (Å²) in [5, 5.41) is 4.08.